The molecule has 0 spiro atoms. The van der Waals surface area contributed by atoms with Gasteiger partial charge >= 0.3 is 0 Å². The molecule has 0 nitrogen and oxygen atoms in total. The van der Waals surface area contributed by atoms with Crippen LogP contribution in [0.1, 0.15) is 26.2 Å². The summed E-state index contributed by atoms with van der Waals surface area (Å²) in [6.07, 6.45) is 4.29. The summed E-state index contributed by atoms with van der Waals surface area (Å²) in [4.78, 5) is 0. The smallest absolute Gasteiger partial charge is 0.147 e. The fourth-order valence-electron chi connectivity index (χ4n) is 0.598. The highest BCUT2D eigenvalue weighted by Gasteiger charge is 1.82. The summed E-state index contributed by atoms with van der Waals surface area (Å²) < 4.78 is 0. The Morgan fingerprint density at radius 1 is 1.25 bits per heavy atom. The third kappa shape index (κ3) is 9.95. The highest BCUT2D eigenvalue weighted by molar-refractivity contribution is 6.33. The van der Waals surface area contributed by atoms with Crippen molar-refractivity contribution in [3.63, 3.8) is 0 Å². The lowest BCUT2D eigenvalue weighted by atomic mass is 10.3. The van der Waals surface area contributed by atoms with Crippen molar-refractivity contribution in [3.05, 3.63) is 0 Å². The zero-order valence-electron chi connectivity index (χ0n) is 5.81. The lowest BCUT2D eigenvalue weighted by Crippen LogP contribution is -1.79. The summed E-state index contributed by atoms with van der Waals surface area (Å²) in [7, 11) is 0. The molecule has 0 aliphatic rings. The molecule has 1 radical (unpaired) electrons. The van der Waals surface area contributed by atoms with Crippen molar-refractivity contribution < 1.29 is 0 Å². The second kappa shape index (κ2) is 10.7. The van der Waals surface area contributed by atoms with Crippen LogP contribution < -0.4 is 0 Å². The van der Waals surface area contributed by atoms with Gasteiger partial charge in [-0.15, -0.1) is 23.5 Å². The van der Waals surface area contributed by atoms with Gasteiger partial charge in [-0.25, -0.2) is 0 Å². The van der Waals surface area contributed by atoms with Crippen LogP contribution in [0.5, 0.6) is 0 Å². The highest BCUT2D eigenvalue weighted by Crippen LogP contribution is 1.97. The molecule has 0 aromatic carbocycles. The summed E-state index contributed by atoms with van der Waals surface area (Å²) in [5, 5.41) is 1.51. The second-order valence-corrected chi connectivity index (χ2v) is 3.30. The van der Waals surface area contributed by atoms with Crippen LogP contribution in [0.15, 0.2) is 0 Å². The molecule has 0 saturated heterocycles. The summed E-state index contributed by atoms with van der Waals surface area (Å²) in [6.45, 7) is 2.25. The van der Waals surface area contributed by atoms with E-state index in [9.17, 15) is 0 Å². The van der Waals surface area contributed by atoms with E-state index in [1.54, 1.807) is 0 Å². The molecular formula is C6H15AlCl. The van der Waals surface area contributed by atoms with Crippen molar-refractivity contribution in [2.45, 2.75) is 37.3 Å². The Labute approximate surface area is 65.2 Å². The molecule has 0 unspecified atom stereocenters. The Hall–Kier alpha value is 0.822. The summed E-state index contributed by atoms with van der Waals surface area (Å²) >= 11 is 0.781. The van der Waals surface area contributed by atoms with Crippen LogP contribution >= 0.6 is 12.4 Å². The largest absolute Gasteiger partial charge is 0.195 e. The molecule has 0 aromatic rings. The van der Waals surface area contributed by atoms with E-state index in [1.165, 1.54) is 24.5 Å². The number of hydrogen-bond acceptors (Lipinski definition) is 0. The summed E-state index contributed by atoms with van der Waals surface area (Å²) in [6, 6.07) is 0. The molecule has 0 heterocycles. The van der Waals surface area contributed by atoms with Gasteiger partial charge in [-0.05, 0) is 0 Å². The summed E-state index contributed by atoms with van der Waals surface area (Å²) in [5.41, 5.74) is 0. The number of hydrogen-bond donors (Lipinski definition) is 0. The topological polar surface area (TPSA) is 0 Å². The van der Waals surface area contributed by atoms with Crippen LogP contribution in [0.4, 0.5) is 0 Å². The van der Waals surface area contributed by atoms with Crippen molar-refractivity contribution >= 4 is 27.6 Å². The molecule has 0 bridgehead atoms. The molecule has 0 atom stereocenters. The van der Waals surface area contributed by atoms with E-state index in [4.69, 9.17) is 0 Å². The van der Waals surface area contributed by atoms with Crippen molar-refractivity contribution in [1.82, 2.24) is 0 Å². The van der Waals surface area contributed by atoms with Crippen molar-refractivity contribution in [2.24, 2.45) is 0 Å². The van der Waals surface area contributed by atoms with Crippen LogP contribution in [0.2, 0.25) is 11.1 Å². The first kappa shape index (κ1) is 11.6. The Morgan fingerprint density at radius 3 is 2.25 bits per heavy atom. The van der Waals surface area contributed by atoms with E-state index >= 15 is 0 Å². The Kier molecular flexibility index (Phi) is 15.6. The summed E-state index contributed by atoms with van der Waals surface area (Å²) in [5.74, 6) is 2.33. The van der Waals surface area contributed by atoms with E-state index in [0.717, 1.165) is 15.2 Å². The van der Waals surface area contributed by atoms with Crippen LogP contribution in [-0.2, 0) is 0 Å². The van der Waals surface area contributed by atoms with Gasteiger partial charge < -0.3 is 0 Å². The Bertz CT molecular complexity index is 27.7. The molecule has 49 valence electrons. The lowest BCUT2D eigenvalue weighted by molar-refractivity contribution is 0.769. The van der Waals surface area contributed by atoms with Gasteiger partial charge in [0.15, 0.2) is 15.2 Å². The minimum absolute atomic E-state index is 0. The number of rotatable bonds is 4. The first-order valence-electron chi connectivity index (χ1n) is 3.19. The van der Waals surface area contributed by atoms with E-state index in [-0.39, 0.29) is 12.4 Å². The SMILES string of the molecule is CCCC[CH2][Al][CH3].Cl. The maximum Gasteiger partial charge on any atom is 0.195 e. The minimum Gasteiger partial charge on any atom is -0.147 e. The van der Waals surface area contributed by atoms with E-state index in [1.807, 2.05) is 0 Å². The van der Waals surface area contributed by atoms with Gasteiger partial charge in [-0.3, -0.25) is 0 Å². The molecule has 0 aliphatic heterocycles. The monoisotopic (exact) mass is 149 g/mol. The van der Waals surface area contributed by atoms with Gasteiger partial charge in [0.1, 0.15) is 0 Å². The van der Waals surface area contributed by atoms with Crippen LogP contribution in [-0.4, -0.2) is 15.2 Å². The molecule has 0 rings (SSSR count). The van der Waals surface area contributed by atoms with E-state index in [2.05, 4.69) is 12.7 Å². The van der Waals surface area contributed by atoms with Gasteiger partial charge in [0.2, 0.25) is 0 Å². The quantitative estimate of drug-likeness (QED) is 0.426. The van der Waals surface area contributed by atoms with Crippen LogP contribution in [0.25, 0.3) is 0 Å². The van der Waals surface area contributed by atoms with Gasteiger partial charge in [0, 0.05) is 0 Å². The first-order chi connectivity index (χ1) is 3.41. The molecule has 0 saturated carbocycles. The molecular weight excluding hydrogens is 135 g/mol. The average molecular weight is 150 g/mol. The van der Waals surface area contributed by atoms with Crippen LogP contribution in [0.3, 0.4) is 0 Å². The fourth-order valence-corrected chi connectivity index (χ4v) is 1.30. The molecule has 2 heteroatoms. The molecule has 0 amide bonds. The average Bonchev–Trinajstić information content (AvgIpc) is 1.69. The zero-order chi connectivity index (χ0) is 5.54. The zero-order valence-corrected chi connectivity index (χ0v) is 7.79. The maximum absolute atomic E-state index is 2.33. The van der Waals surface area contributed by atoms with Gasteiger partial charge in [0.05, 0.1) is 0 Å². The highest BCUT2D eigenvalue weighted by atomic mass is 35.5. The predicted octanol–water partition coefficient (Wildman–Crippen LogP) is 2.77. The standard InChI is InChI=1S/C5H11.CH3.Al.ClH/c1-3-5-4-2;;;/h1,3-5H2,2H3;1H3;;1H. The Balaban J connectivity index is 0. The fraction of sp³-hybridized carbons (Fsp3) is 1.00. The molecule has 0 N–H and O–H groups in total. The number of halogens is 1. The molecule has 8 heavy (non-hydrogen) atoms. The third-order valence-electron chi connectivity index (χ3n) is 1.10. The molecule has 0 aromatic heterocycles. The van der Waals surface area contributed by atoms with Crippen molar-refractivity contribution in [2.75, 3.05) is 0 Å². The lowest BCUT2D eigenvalue weighted by Gasteiger charge is -1.89. The van der Waals surface area contributed by atoms with Gasteiger partial charge in [0.25, 0.3) is 0 Å². The van der Waals surface area contributed by atoms with Crippen molar-refractivity contribution in [1.29, 1.82) is 0 Å². The molecule has 0 fully saturated rings. The van der Waals surface area contributed by atoms with Gasteiger partial charge in [-0.1, -0.05) is 26.2 Å². The third-order valence-corrected chi connectivity index (χ3v) is 2.08. The second-order valence-electron chi connectivity index (χ2n) is 1.90. The first-order valence-corrected chi connectivity index (χ1v) is 5.16. The van der Waals surface area contributed by atoms with Crippen molar-refractivity contribution in [3.8, 4) is 0 Å². The Morgan fingerprint density at radius 2 is 1.88 bits per heavy atom. The molecule has 0 aliphatic carbocycles. The maximum atomic E-state index is 2.33. The van der Waals surface area contributed by atoms with Crippen LogP contribution in [0, 0.1) is 0 Å². The minimum atomic E-state index is 0. The van der Waals surface area contributed by atoms with E-state index in [0.29, 0.717) is 0 Å². The number of unbranched alkanes of at least 4 members (excludes halogenated alkanes) is 2. The normalized spacial score (nSPS) is 7.75. The predicted molar refractivity (Wildman–Crippen MR) is 43.2 cm³/mol. The van der Waals surface area contributed by atoms with Gasteiger partial charge in [-0.2, -0.15) is 0 Å². The van der Waals surface area contributed by atoms with E-state index < -0.39 is 0 Å².